The molecular formula is C20H26N4O. The molecule has 4 rings (SSSR count). The zero-order valence-corrected chi connectivity index (χ0v) is 14.6. The van der Waals surface area contributed by atoms with Gasteiger partial charge in [-0.15, -0.1) is 0 Å². The molecule has 1 fully saturated rings. The Labute approximate surface area is 148 Å². The number of aryl methyl sites for hydroxylation is 1. The Bertz CT molecular complexity index is 725. The highest BCUT2D eigenvalue weighted by molar-refractivity contribution is 5.77. The summed E-state index contributed by atoms with van der Waals surface area (Å²) in [7, 11) is 0. The quantitative estimate of drug-likeness (QED) is 0.901. The summed E-state index contributed by atoms with van der Waals surface area (Å²) < 4.78 is 2.39. The van der Waals surface area contributed by atoms with E-state index in [2.05, 4.69) is 32.3 Å². The van der Waals surface area contributed by atoms with E-state index in [1.54, 1.807) is 0 Å². The third kappa shape index (κ3) is 3.61. The molecule has 2 aromatic rings. The summed E-state index contributed by atoms with van der Waals surface area (Å²) in [6.45, 7) is 1.88. The Morgan fingerprint density at radius 1 is 1.16 bits per heavy atom. The molecular weight excluding hydrogens is 312 g/mol. The van der Waals surface area contributed by atoms with Crippen LogP contribution in [0, 0.1) is 0 Å². The molecule has 2 N–H and O–H groups in total. The number of imidazole rings is 1. The molecule has 1 saturated heterocycles. The van der Waals surface area contributed by atoms with Crippen molar-refractivity contribution in [3.8, 4) is 0 Å². The van der Waals surface area contributed by atoms with Gasteiger partial charge in [0.05, 0.1) is 11.7 Å². The first-order chi connectivity index (χ1) is 12.3. The van der Waals surface area contributed by atoms with Crippen LogP contribution in [0.1, 0.15) is 55.2 Å². The van der Waals surface area contributed by atoms with Gasteiger partial charge >= 0.3 is 0 Å². The van der Waals surface area contributed by atoms with E-state index in [0.29, 0.717) is 6.42 Å². The Morgan fingerprint density at radius 3 is 2.92 bits per heavy atom. The number of rotatable bonds is 4. The fourth-order valence-corrected chi connectivity index (χ4v) is 4.03. The summed E-state index contributed by atoms with van der Waals surface area (Å²) in [6, 6.07) is 10.5. The van der Waals surface area contributed by atoms with Crippen LogP contribution in [0.3, 0.4) is 0 Å². The van der Waals surface area contributed by atoms with Gasteiger partial charge in [0.15, 0.2) is 0 Å². The van der Waals surface area contributed by atoms with Crippen LogP contribution in [0.5, 0.6) is 0 Å². The van der Waals surface area contributed by atoms with Gasteiger partial charge in [-0.3, -0.25) is 4.79 Å². The van der Waals surface area contributed by atoms with Crippen molar-refractivity contribution in [2.24, 2.45) is 0 Å². The SMILES string of the molecule is O=C1CC[C@@H](NCc2cnc3n2CCCCC3)[C@H](c2ccccc2)N1. The molecule has 0 radical (unpaired) electrons. The van der Waals surface area contributed by atoms with E-state index in [9.17, 15) is 4.79 Å². The van der Waals surface area contributed by atoms with Crippen molar-refractivity contribution in [2.75, 3.05) is 0 Å². The number of amides is 1. The highest BCUT2D eigenvalue weighted by atomic mass is 16.1. The number of carbonyl (C=O) groups is 1. The molecule has 0 unspecified atom stereocenters. The fraction of sp³-hybridized carbons (Fsp3) is 0.500. The third-order valence-corrected chi connectivity index (χ3v) is 5.41. The molecule has 0 bridgehead atoms. The van der Waals surface area contributed by atoms with Crippen LogP contribution in [0.15, 0.2) is 36.5 Å². The van der Waals surface area contributed by atoms with Crippen molar-refractivity contribution >= 4 is 5.91 Å². The number of carbonyl (C=O) groups excluding carboxylic acids is 1. The molecule has 3 heterocycles. The number of hydrogen-bond acceptors (Lipinski definition) is 3. The van der Waals surface area contributed by atoms with Gasteiger partial charge in [0.25, 0.3) is 0 Å². The van der Waals surface area contributed by atoms with Gasteiger partial charge in [0.2, 0.25) is 5.91 Å². The summed E-state index contributed by atoms with van der Waals surface area (Å²) in [5, 5.41) is 6.85. The molecule has 0 saturated carbocycles. The predicted molar refractivity (Wildman–Crippen MR) is 97.0 cm³/mol. The van der Waals surface area contributed by atoms with Gasteiger partial charge in [0.1, 0.15) is 5.82 Å². The molecule has 2 atom stereocenters. The van der Waals surface area contributed by atoms with Crippen LogP contribution < -0.4 is 10.6 Å². The number of nitrogens with zero attached hydrogens (tertiary/aromatic N) is 2. The summed E-state index contributed by atoms with van der Waals surface area (Å²) >= 11 is 0. The van der Waals surface area contributed by atoms with Gasteiger partial charge in [-0.25, -0.2) is 4.98 Å². The summed E-state index contributed by atoms with van der Waals surface area (Å²) in [5.74, 6) is 1.37. The maximum atomic E-state index is 11.9. The molecule has 5 nitrogen and oxygen atoms in total. The van der Waals surface area contributed by atoms with Gasteiger partial charge in [-0.05, 0) is 24.8 Å². The normalized spacial score (nSPS) is 23.6. The van der Waals surface area contributed by atoms with E-state index in [4.69, 9.17) is 0 Å². The van der Waals surface area contributed by atoms with E-state index in [1.807, 2.05) is 24.4 Å². The van der Waals surface area contributed by atoms with Gasteiger partial charge in [-0.1, -0.05) is 36.8 Å². The zero-order valence-electron chi connectivity index (χ0n) is 14.6. The first-order valence-corrected chi connectivity index (χ1v) is 9.42. The van der Waals surface area contributed by atoms with E-state index in [-0.39, 0.29) is 18.0 Å². The second-order valence-electron chi connectivity index (χ2n) is 7.11. The minimum absolute atomic E-state index is 0.0361. The average Bonchev–Trinajstić information content (AvgIpc) is 2.87. The van der Waals surface area contributed by atoms with Gasteiger partial charge in [0, 0.05) is 38.2 Å². The summed E-state index contributed by atoms with van der Waals surface area (Å²) in [6.07, 6.45) is 8.34. The minimum atomic E-state index is 0.0361. The predicted octanol–water partition coefficient (Wildman–Crippen LogP) is 2.72. The second-order valence-corrected chi connectivity index (χ2v) is 7.11. The van der Waals surface area contributed by atoms with Crippen LogP contribution >= 0.6 is 0 Å². The lowest BCUT2D eigenvalue weighted by Gasteiger charge is -2.33. The van der Waals surface area contributed by atoms with Crippen LogP contribution in [-0.2, 0) is 24.3 Å². The van der Waals surface area contributed by atoms with E-state index >= 15 is 0 Å². The van der Waals surface area contributed by atoms with Crippen LogP contribution in [0.2, 0.25) is 0 Å². The maximum absolute atomic E-state index is 11.9. The number of fused-ring (bicyclic) bond motifs is 1. The number of nitrogens with one attached hydrogen (secondary N) is 2. The van der Waals surface area contributed by atoms with Crippen LogP contribution in [0.4, 0.5) is 0 Å². The highest BCUT2D eigenvalue weighted by Gasteiger charge is 2.29. The lowest BCUT2D eigenvalue weighted by molar-refractivity contribution is -0.123. The van der Waals surface area contributed by atoms with Gasteiger partial charge in [-0.2, -0.15) is 0 Å². The third-order valence-electron chi connectivity index (χ3n) is 5.41. The summed E-state index contributed by atoms with van der Waals surface area (Å²) in [5.41, 5.74) is 2.43. The number of piperidine rings is 1. The lowest BCUT2D eigenvalue weighted by atomic mass is 9.92. The Hall–Kier alpha value is -2.14. The van der Waals surface area contributed by atoms with E-state index in [1.165, 1.54) is 36.3 Å². The van der Waals surface area contributed by atoms with Crippen LogP contribution in [0.25, 0.3) is 0 Å². The first-order valence-electron chi connectivity index (χ1n) is 9.42. The second kappa shape index (κ2) is 7.40. The smallest absolute Gasteiger partial charge is 0.220 e. The first kappa shape index (κ1) is 16.3. The zero-order chi connectivity index (χ0) is 17.1. The number of aromatic nitrogens is 2. The van der Waals surface area contributed by atoms with Crippen molar-refractivity contribution in [3.63, 3.8) is 0 Å². The molecule has 0 spiro atoms. The molecule has 0 aliphatic carbocycles. The Kier molecular flexibility index (Phi) is 4.83. The molecule has 1 amide bonds. The van der Waals surface area contributed by atoms with E-state index in [0.717, 1.165) is 25.9 Å². The van der Waals surface area contributed by atoms with Crippen molar-refractivity contribution in [2.45, 2.75) is 63.7 Å². The molecule has 2 aliphatic heterocycles. The maximum Gasteiger partial charge on any atom is 0.220 e. The molecule has 25 heavy (non-hydrogen) atoms. The molecule has 132 valence electrons. The topological polar surface area (TPSA) is 59.0 Å². The van der Waals surface area contributed by atoms with Crippen molar-refractivity contribution in [1.82, 2.24) is 20.2 Å². The largest absolute Gasteiger partial charge is 0.348 e. The molecule has 5 heteroatoms. The summed E-state index contributed by atoms with van der Waals surface area (Å²) in [4.78, 5) is 16.5. The fourth-order valence-electron chi connectivity index (χ4n) is 4.03. The van der Waals surface area contributed by atoms with Crippen molar-refractivity contribution < 1.29 is 4.79 Å². The van der Waals surface area contributed by atoms with Crippen molar-refractivity contribution in [1.29, 1.82) is 0 Å². The Balaban J connectivity index is 1.47. The number of benzene rings is 1. The lowest BCUT2D eigenvalue weighted by Crippen LogP contribution is -2.48. The van der Waals surface area contributed by atoms with Gasteiger partial charge < -0.3 is 15.2 Å². The van der Waals surface area contributed by atoms with Crippen LogP contribution in [-0.4, -0.2) is 21.5 Å². The molecule has 1 aromatic heterocycles. The average molecular weight is 338 g/mol. The number of hydrogen-bond donors (Lipinski definition) is 2. The minimum Gasteiger partial charge on any atom is -0.348 e. The molecule has 1 aromatic carbocycles. The molecule has 2 aliphatic rings. The standard InChI is InChI=1S/C20H26N4O/c25-19-11-10-17(20(23-19)15-7-3-1-4-8-15)21-13-16-14-22-18-9-5-2-6-12-24(16)18/h1,3-4,7-8,14,17,20-21H,2,5-6,9-13H2,(H,23,25)/t17-,20+/m1/s1. The van der Waals surface area contributed by atoms with Crippen molar-refractivity contribution in [3.05, 3.63) is 53.6 Å². The van der Waals surface area contributed by atoms with E-state index < -0.39 is 0 Å². The monoisotopic (exact) mass is 338 g/mol. The Morgan fingerprint density at radius 2 is 2.04 bits per heavy atom. The highest BCUT2D eigenvalue weighted by Crippen LogP contribution is 2.25.